The molecule has 2 heteroatoms. The van der Waals surface area contributed by atoms with E-state index in [4.69, 9.17) is 5.73 Å². The third-order valence-electron chi connectivity index (χ3n) is 2.34. The van der Waals surface area contributed by atoms with Crippen LogP contribution in [0.15, 0.2) is 24.3 Å². The van der Waals surface area contributed by atoms with Crippen LogP contribution in [0, 0.1) is 0 Å². The van der Waals surface area contributed by atoms with Crippen LogP contribution in [0.25, 0.3) is 0 Å². The van der Waals surface area contributed by atoms with Crippen LogP contribution >= 0.6 is 11.8 Å². The van der Waals surface area contributed by atoms with Crippen molar-refractivity contribution in [2.45, 2.75) is 37.8 Å². The highest BCUT2D eigenvalue weighted by molar-refractivity contribution is 7.99. The molecule has 78 valence electrons. The SMILES string of the molecule is CCC(C)SCc1cccc(CN)c1. The summed E-state index contributed by atoms with van der Waals surface area (Å²) in [6.45, 7) is 5.15. The molecule has 0 bridgehead atoms. The Kier molecular flexibility index (Phi) is 5.05. The highest BCUT2D eigenvalue weighted by atomic mass is 32.2. The van der Waals surface area contributed by atoms with Crippen molar-refractivity contribution in [3.8, 4) is 0 Å². The Bertz CT molecular complexity index is 273. The minimum atomic E-state index is 0.641. The van der Waals surface area contributed by atoms with Crippen LogP contribution in [0.2, 0.25) is 0 Å². The van der Waals surface area contributed by atoms with Crippen molar-refractivity contribution in [2.24, 2.45) is 5.73 Å². The van der Waals surface area contributed by atoms with Gasteiger partial charge in [-0.25, -0.2) is 0 Å². The zero-order valence-electron chi connectivity index (χ0n) is 8.99. The summed E-state index contributed by atoms with van der Waals surface area (Å²) in [7, 11) is 0. The zero-order chi connectivity index (χ0) is 10.4. The predicted molar refractivity (Wildman–Crippen MR) is 65.4 cm³/mol. The second kappa shape index (κ2) is 6.10. The van der Waals surface area contributed by atoms with Gasteiger partial charge in [0.1, 0.15) is 0 Å². The van der Waals surface area contributed by atoms with Crippen molar-refractivity contribution in [3.05, 3.63) is 35.4 Å². The van der Waals surface area contributed by atoms with E-state index in [1.165, 1.54) is 17.5 Å². The zero-order valence-corrected chi connectivity index (χ0v) is 9.81. The Labute approximate surface area is 91.1 Å². The Hall–Kier alpha value is -0.470. The monoisotopic (exact) mass is 209 g/mol. The molecule has 1 unspecified atom stereocenters. The van der Waals surface area contributed by atoms with Gasteiger partial charge in [-0.1, -0.05) is 38.1 Å². The molecule has 0 aliphatic carbocycles. The number of nitrogens with two attached hydrogens (primary N) is 1. The summed E-state index contributed by atoms with van der Waals surface area (Å²) in [4.78, 5) is 0. The van der Waals surface area contributed by atoms with Crippen molar-refractivity contribution in [1.29, 1.82) is 0 Å². The van der Waals surface area contributed by atoms with Gasteiger partial charge in [-0.05, 0) is 17.5 Å². The molecule has 0 aliphatic heterocycles. The molecule has 0 aromatic heterocycles. The predicted octanol–water partition coefficient (Wildman–Crippen LogP) is 3.18. The second-order valence-corrected chi connectivity index (χ2v) is 4.98. The smallest absolute Gasteiger partial charge is 0.0187 e. The first-order valence-electron chi connectivity index (χ1n) is 5.15. The van der Waals surface area contributed by atoms with Crippen LogP contribution in [0.1, 0.15) is 31.4 Å². The minimum Gasteiger partial charge on any atom is -0.326 e. The van der Waals surface area contributed by atoms with Gasteiger partial charge in [0.2, 0.25) is 0 Å². The van der Waals surface area contributed by atoms with E-state index in [1.54, 1.807) is 0 Å². The molecule has 0 saturated carbocycles. The third kappa shape index (κ3) is 3.72. The van der Waals surface area contributed by atoms with Gasteiger partial charge < -0.3 is 5.73 Å². The minimum absolute atomic E-state index is 0.641. The van der Waals surface area contributed by atoms with E-state index >= 15 is 0 Å². The van der Waals surface area contributed by atoms with Crippen LogP contribution in [0.3, 0.4) is 0 Å². The van der Waals surface area contributed by atoms with Gasteiger partial charge in [0.15, 0.2) is 0 Å². The fourth-order valence-corrected chi connectivity index (χ4v) is 2.09. The molecule has 0 heterocycles. The fraction of sp³-hybridized carbons (Fsp3) is 0.500. The average Bonchev–Trinajstić information content (AvgIpc) is 2.26. The molecule has 1 aromatic rings. The van der Waals surface area contributed by atoms with Gasteiger partial charge in [0.05, 0.1) is 0 Å². The van der Waals surface area contributed by atoms with E-state index in [2.05, 4.69) is 38.1 Å². The molecule has 14 heavy (non-hydrogen) atoms. The molecule has 1 nitrogen and oxygen atoms in total. The van der Waals surface area contributed by atoms with Gasteiger partial charge >= 0.3 is 0 Å². The molecular weight excluding hydrogens is 190 g/mol. The number of rotatable bonds is 5. The molecule has 0 aliphatic rings. The second-order valence-electron chi connectivity index (χ2n) is 3.55. The summed E-state index contributed by atoms with van der Waals surface area (Å²) in [5.41, 5.74) is 8.21. The van der Waals surface area contributed by atoms with E-state index in [0.29, 0.717) is 6.54 Å². The van der Waals surface area contributed by atoms with Crippen molar-refractivity contribution < 1.29 is 0 Å². The van der Waals surface area contributed by atoms with Gasteiger partial charge in [0.25, 0.3) is 0 Å². The summed E-state index contributed by atoms with van der Waals surface area (Å²) in [5, 5.41) is 0.747. The lowest BCUT2D eigenvalue weighted by atomic mass is 10.1. The van der Waals surface area contributed by atoms with E-state index in [1.807, 2.05) is 11.8 Å². The summed E-state index contributed by atoms with van der Waals surface area (Å²) in [5.74, 6) is 1.10. The molecule has 0 spiro atoms. The topological polar surface area (TPSA) is 26.0 Å². The van der Waals surface area contributed by atoms with Crippen LogP contribution in [0.5, 0.6) is 0 Å². The fourth-order valence-electron chi connectivity index (χ4n) is 1.20. The summed E-state index contributed by atoms with van der Waals surface area (Å²) >= 11 is 2.01. The summed E-state index contributed by atoms with van der Waals surface area (Å²) < 4.78 is 0. The molecule has 0 radical (unpaired) electrons. The number of hydrogen-bond donors (Lipinski definition) is 1. The maximum absolute atomic E-state index is 5.59. The lowest BCUT2D eigenvalue weighted by molar-refractivity contribution is 0.905. The van der Waals surface area contributed by atoms with Gasteiger partial charge in [-0.3, -0.25) is 0 Å². The molecule has 1 rings (SSSR count). The Balaban J connectivity index is 2.50. The standard InChI is InChI=1S/C12H19NS/c1-3-10(2)14-9-12-6-4-5-11(7-12)8-13/h4-7,10H,3,8-9,13H2,1-2H3. The number of hydrogen-bond acceptors (Lipinski definition) is 2. The van der Waals surface area contributed by atoms with Gasteiger partial charge in [-0.15, -0.1) is 0 Å². The van der Waals surface area contributed by atoms with Gasteiger partial charge in [-0.2, -0.15) is 11.8 Å². The first-order valence-corrected chi connectivity index (χ1v) is 6.20. The van der Waals surface area contributed by atoms with E-state index in [-0.39, 0.29) is 0 Å². The van der Waals surface area contributed by atoms with Crippen LogP contribution in [0.4, 0.5) is 0 Å². The van der Waals surface area contributed by atoms with Crippen LogP contribution in [-0.4, -0.2) is 5.25 Å². The molecular formula is C12H19NS. The molecule has 0 amide bonds. The van der Waals surface area contributed by atoms with Gasteiger partial charge in [0, 0.05) is 17.5 Å². The average molecular weight is 209 g/mol. The van der Waals surface area contributed by atoms with Crippen molar-refractivity contribution in [3.63, 3.8) is 0 Å². The molecule has 0 fully saturated rings. The first kappa shape index (κ1) is 11.6. The van der Waals surface area contributed by atoms with Crippen molar-refractivity contribution in [1.82, 2.24) is 0 Å². The lowest BCUT2D eigenvalue weighted by Crippen LogP contribution is -1.98. The maximum Gasteiger partial charge on any atom is 0.0187 e. The first-order chi connectivity index (χ1) is 6.76. The van der Waals surface area contributed by atoms with E-state index < -0.39 is 0 Å². The van der Waals surface area contributed by atoms with Crippen LogP contribution in [-0.2, 0) is 12.3 Å². The number of thioether (sulfide) groups is 1. The quantitative estimate of drug-likeness (QED) is 0.806. The Morgan fingerprint density at radius 2 is 2.07 bits per heavy atom. The lowest BCUT2D eigenvalue weighted by Gasteiger charge is -2.08. The molecule has 1 aromatic carbocycles. The van der Waals surface area contributed by atoms with E-state index in [0.717, 1.165) is 11.0 Å². The molecule has 0 saturated heterocycles. The van der Waals surface area contributed by atoms with E-state index in [9.17, 15) is 0 Å². The largest absolute Gasteiger partial charge is 0.326 e. The van der Waals surface area contributed by atoms with Crippen LogP contribution < -0.4 is 5.73 Å². The molecule has 2 N–H and O–H groups in total. The van der Waals surface area contributed by atoms with Crippen molar-refractivity contribution in [2.75, 3.05) is 0 Å². The molecule has 1 atom stereocenters. The summed E-state index contributed by atoms with van der Waals surface area (Å²) in [6.07, 6.45) is 1.24. The Morgan fingerprint density at radius 3 is 2.71 bits per heavy atom. The maximum atomic E-state index is 5.59. The highest BCUT2D eigenvalue weighted by Crippen LogP contribution is 2.20. The number of benzene rings is 1. The highest BCUT2D eigenvalue weighted by Gasteiger charge is 2.00. The third-order valence-corrected chi connectivity index (χ3v) is 3.74. The van der Waals surface area contributed by atoms with Crippen molar-refractivity contribution >= 4 is 11.8 Å². The summed E-state index contributed by atoms with van der Waals surface area (Å²) in [6, 6.07) is 8.55. The Morgan fingerprint density at radius 1 is 1.36 bits per heavy atom. The normalized spacial score (nSPS) is 12.8.